The second-order valence-corrected chi connectivity index (χ2v) is 9.29. The summed E-state index contributed by atoms with van der Waals surface area (Å²) >= 11 is 0. The number of benzene rings is 2. The van der Waals surface area contributed by atoms with Crippen LogP contribution in [-0.2, 0) is 14.6 Å². The average Bonchev–Trinajstić information content (AvgIpc) is 3.14. The van der Waals surface area contributed by atoms with Gasteiger partial charge in [0.05, 0.1) is 18.0 Å². The van der Waals surface area contributed by atoms with Crippen molar-refractivity contribution in [2.75, 3.05) is 38.4 Å². The summed E-state index contributed by atoms with van der Waals surface area (Å²) in [6, 6.07) is 15.9. The van der Waals surface area contributed by atoms with Crippen molar-refractivity contribution >= 4 is 9.84 Å². The fourth-order valence-corrected chi connectivity index (χ4v) is 4.04. The number of morpholine rings is 1. The van der Waals surface area contributed by atoms with E-state index in [-0.39, 0.29) is 24.8 Å². The van der Waals surface area contributed by atoms with E-state index in [1.54, 1.807) is 0 Å². The maximum atomic E-state index is 11.6. The first-order chi connectivity index (χ1) is 13.0. The van der Waals surface area contributed by atoms with Crippen LogP contribution in [0, 0.1) is 0 Å². The van der Waals surface area contributed by atoms with Crippen LogP contribution in [-0.4, -0.2) is 51.8 Å². The zero-order chi connectivity index (χ0) is 18.9. The summed E-state index contributed by atoms with van der Waals surface area (Å²) < 4.78 is 40.5. The summed E-state index contributed by atoms with van der Waals surface area (Å²) in [6.07, 6.45) is 0.991. The van der Waals surface area contributed by atoms with Crippen LogP contribution in [0.4, 0.5) is 0 Å². The van der Waals surface area contributed by atoms with Gasteiger partial charge in [-0.25, -0.2) is 8.42 Å². The van der Waals surface area contributed by atoms with Crippen LogP contribution in [0.3, 0.4) is 0 Å². The second-order valence-electron chi connectivity index (χ2n) is 7.03. The minimum absolute atomic E-state index is 0.116. The Morgan fingerprint density at radius 1 is 0.963 bits per heavy atom. The van der Waals surface area contributed by atoms with Crippen molar-refractivity contribution < 1.29 is 22.6 Å². The molecular weight excluding hydrogens is 366 g/mol. The third kappa shape index (κ3) is 4.43. The van der Waals surface area contributed by atoms with E-state index >= 15 is 0 Å². The molecular formula is C20H23NO5S. The predicted octanol–water partition coefficient (Wildman–Crippen LogP) is 2.57. The topological polar surface area (TPSA) is 65.1 Å². The molecule has 2 atom stereocenters. The summed E-state index contributed by atoms with van der Waals surface area (Å²) in [5.41, 5.74) is 2.09. The van der Waals surface area contributed by atoms with Gasteiger partial charge in [-0.05, 0) is 23.3 Å². The summed E-state index contributed by atoms with van der Waals surface area (Å²) in [7, 11) is -3.01. The van der Waals surface area contributed by atoms with Crippen molar-refractivity contribution in [2.45, 2.75) is 12.2 Å². The first kappa shape index (κ1) is 18.3. The monoisotopic (exact) mass is 389 g/mol. The maximum Gasteiger partial charge on any atom is 0.231 e. The molecule has 0 N–H and O–H groups in total. The number of rotatable bonds is 5. The Morgan fingerprint density at radius 2 is 1.67 bits per heavy atom. The number of nitrogens with zero attached hydrogens (tertiary/aromatic N) is 1. The van der Waals surface area contributed by atoms with Crippen LogP contribution in [0.15, 0.2) is 48.5 Å². The van der Waals surface area contributed by atoms with Crippen molar-refractivity contribution in [3.8, 4) is 11.5 Å². The van der Waals surface area contributed by atoms with E-state index < -0.39 is 9.84 Å². The fraction of sp³-hybridized carbons (Fsp3) is 0.400. The van der Waals surface area contributed by atoms with Crippen molar-refractivity contribution in [3.05, 3.63) is 59.7 Å². The lowest BCUT2D eigenvalue weighted by Gasteiger charge is -2.38. The first-order valence-corrected chi connectivity index (χ1v) is 11.0. The molecule has 27 heavy (non-hydrogen) atoms. The van der Waals surface area contributed by atoms with E-state index in [1.165, 1.54) is 6.26 Å². The lowest BCUT2D eigenvalue weighted by molar-refractivity contribution is -0.0882. The van der Waals surface area contributed by atoms with Crippen molar-refractivity contribution in [1.29, 1.82) is 0 Å². The highest BCUT2D eigenvalue weighted by molar-refractivity contribution is 7.90. The molecule has 0 aliphatic carbocycles. The number of hydrogen-bond donors (Lipinski definition) is 0. The number of ether oxygens (including phenoxy) is 3. The number of sulfone groups is 1. The van der Waals surface area contributed by atoms with Crippen molar-refractivity contribution in [2.24, 2.45) is 0 Å². The Balaban J connectivity index is 1.58. The molecule has 6 nitrogen and oxygen atoms in total. The Hall–Kier alpha value is -2.09. The molecule has 4 rings (SSSR count). The van der Waals surface area contributed by atoms with Crippen LogP contribution in [0.25, 0.3) is 0 Å². The number of hydrogen-bond acceptors (Lipinski definition) is 6. The molecule has 2 aromatic rings. The Bertz CT molecular complexity index is 900. The minimum atomic E-state index is -3.01. The van der Waals surface area contributed by atoms with E-state index in [0.717, 1.165) is 22.6 Å². The van der Waals surface area contributed by atoms with Gasteiger partial charge in [0, 0.05) is 25.9 Å². The molecule has 2 aromatic carbocycles. The lowest BCUT2D eigenvalue weighted by Crippen LogP contribution is -2.42. The SMILES string of the molecule is CS(=O)(=O)CCN1C[C@@H](c2ccccc2)O[C@@H](c2ccc3c(c2)OCO3)C1. The van der Waals surface area contributed by atoms with Crippen LogP contribution in [0.1, 0.15) is 23.3 Å². The van der Waals surface area contributed by atoms with Crippen molar-refractivity contribution in [1.82, 2.24) is 4.90 Å². The second kappa shape index (κ2) is 7.50. The molecule has 0 aromatic heterocycles. The van der Waals surface area contributed by atoms with Gasteiger partial charge in [-0.1, -0.05) is 36.4 Å². The van der Waals surface area contributed by atoms with Crippen LogP contribution >= 0.6 is 0 Å². The molecule has 144 valence electrons. The van der Waals surface area contributed by atoms with Gasteiger partial charge in [0.15, 0.2) is 11.5 Å². The highest BCUT2D eigenvalue weighted by Gasteiger charge is 2.31. The maximum absolute atomic E-state index is 11.6. The highest BCUT2D eigenvalue weighted by Crippen LogP contribution is 2.38. The summed E-state index contributed by atoms with van der Waals surface area (Å²) in [6.45, 7) is 2.03. The van der Waals surface area contributed by atoms with Crippen LogP contribution in [0.5, 0.6) is 11.5 Å². The summed E-state index contributed by atoms with van der Waals surface area (Å²) in [5, 5.41) is 0. The Labute approximate surface area is 159 Å². The molecule has 7 heteroatoms. The van der Waals surface area contributed by atoms with Gasteiger partial charge < -0.3 is 14.2 Å². The van der Waals surface area contributed by atoms with Crippen LogP contribution < -0.4 is 9.47 Å². The van der Waals surface area contributed by atoms with Crippen molar-refractivity contribution in [3.63, 3.8) is 0 Å². The molecule has 0 radical (unpaired) electrons. The van der Waals surface area contributed by atoms with Gasteiger partial charge in [0.2, 0.25) is 6.79 Å². The van der Waals surface area contributed by atoms with Gasteiger partial charge in [-0.15, -0.1) is 0 Å². The quantitative estimate of drug-likeness (QED) is 0.783. The molecule has 0 amide bonds. The summed E-state index contributed by atoms with van der Waals surface area (Å²) in [5.74, 6) is 1.60. The molecule has 2 heterocycles. The molecule has 2 aliphatic rings. The lowest BCUT2D eigenvalue weighted by atomic mass is 10.0. The first-order valence-electron chi connectivity index (χ1n) is 8.98. The van der Waals surface area contributed by atoms with Gasteiger partial charge in [0.1, 0.15) is 9.84 Å². The molecule has 0 unspecified atom stereocenters. The predicted molar refractivity (Wildman–Crippen MR) is 102 cm³/mol. The zero-order valence-corrected chi connectivity index (χ0v) is 16.0. The molecule has 0 bridgehead atoms. The van der Waals surface area contributed by atoms with E-state index in [1.807, 2.05) is 48.5 Å². The van der Waals surface area contributed by atoms with Gasteiger partial charge in [-0.2, -0.15) is 0 Å². The van der Waals surface area contributed by atoms with E-state index in [4.69, 9.17) is 14.2 Å². The average molecular weight is 389 g/mol. The largest absolute Gasteiger partial charge is 0.454 e. The smallest absolute Gasteiger partial charge is 0.231 e. The third-order valence-electron chi connectivity index (χ3n) is 4.89. The van der Waals surface area contributed by atoms with E-state index in [0.29, 0.717) is 19.6 Å². The van der Waals surface area contributed by atoms with Gasteiger partial charge >= 0.3 is 0 Å². The standard InChI is InChI=1S/C20H23NO5S/c1-27(22,23)10-9-21-12-19(15-5-3-2-4-6-15)26-20(13-21)16-7-8-17-18(11-16)25-14-24-17/h2-8,11,19-20H,9-10,12-14H2,1H3/t19-,20+/m0/s1. The minimum Gasteiger partial charge on any atom is -0.454 e. The third-order valence-corrected chi connectivity index (χ3v) is 5.82. The molecule has 1 fully saturated rings. The van der Waals surface area contributed by atoms with E-state index in [2.05, 4.69) is 4.90 Å². The van der Waals surface area contributed by atoms with E-state index in [9.17, 15) is 8.42 Å². The molecule has 0 saturated carbocycles. The molecule has 1 saturated heterocycles. The zero-order valence-electron chi connectivity index (χ0n) is 15.2. The highest BCUT2D eigenvalue weighted by atomic mass is 32.2. The number of fused-ring (bicyclic) bond motifs is 1. The summed E-state index contributed by atoms with van der Waals surface area (Å²) in [4.78, 5) is 2.16. The Kier molecular flexibility index (Phi) is 5.08. The molecule has 0 spiro atoms. The Morgan fingerprint density at radius 3 is 2.41 bits per heavy atom. The normalized spacial score (nSPS) is 22.7. The molecule has 2 aliphatic heterocycles. The fourth-order valence-electron chi connectivity index (χ4n) is 3.45. The van der Waals surface area contributed by atoms with Gasteiger partial charge in [0.25, 0.3) is 0 Å². The van der Waals surface area contributed by atoms with Gasteiger partial charge in [-0.3, -0.25) is 4.90 Å². The van der Waals surface area contributed by atoms with Crippen LogP contribution in [0.2, 0.25) is 0 Å².